The highest BCUT2D eigenvalue weighted by Crippen LogP contribution is 2.37. The summed E-state index contributed by atoms with van der Waals surface area (Å²) in [4.78, 5) is 2.10. The number of nitriles is 2. The smallest absolute Gasteiger partial charge is 0.213 e. The van der Waals surface area contributed by atoms with Gasteiger partial charge in [-0.3, -0.25) is 4.90 Å². The average Bonchev–Trinajstić information content (AvgIpc) is 2.28. The molecule has 6 nitrogen and oxygen atoms in total. The predicted molar refractivity (Wildman–Crippen MR) is 69.3 cm³/mol. The molecule has 0 amide bonds. The van der Waals surface area contributed by atoms with Gasteiger partial charge >= 0.3 is 0 Å². The molecule has 7 heteroatoms. The Morgan fingerprint density at radius 1 is 1.37 bits per heavy atom. The van der Waals surface area contributed by atoms with Crippen LogP contribution in [-0.2, 0) is 10.0 Å². The van der Waals surface area contributed by atoms with Gasteiger partial charge < -0.3 is 0 Å². The van der Waals surface area contributed by atoms with Gasteiger partial charge in [0, 0.05) is 32.3 Å². The van der Waals surface area contributed by atoms with E-state index in [1.807, 2.05) is 6.07 Å². The summed E-state index contributed by atoms with van der Waals surface area (Å²) in [6, 6.07) is 4.14. The van der Waals surface area contributed by atoms with Crippen molar-refractivity contribution < 1.29 is 8.42 Å². The summed E-state index contributed by atoms with van der Waals surface area (Å²) in [6.07, 6.45) is 1.85. The van der Waals surface area contributed by atoms with Crippen molar-refractivity contribution in [2.75, 3.05) is 31.9 Å². The van der Waals surface area contributed by atoms with Gasteiger partial charge in [-0.2, -0.15) is 14.8 Å². The Labute approximate surface area is 113 Å². The molecule has 0 radical (unpaired) electrons. The summed E-state index contributed by atoms with van der Waals surface area (Å²) in [5.74, 6) is 0.0925. The number of hydrogen-bond acceptors (Lipinski definition) is 5. The first-order chi connectivity index (χ1) is 8.97. The van der Waals surface area contributed by atoms with Crippen LogP contribution < -0.4 is 0 Å². The molecule has 19 heavy (non-hydrogen) atoms. The van der Waals surface area contributed by atoms with E-state index in [1.165, 1.54) is 10.4 Å². The molecule has 2 aliphatic rings. The molecule has 0 atom stereocenters. The Morgan fingerprint density at radius 3 is 2.47 bits per heavy atom. The highest BCUT2D eigenvalue weighted by Gasteiger charge is 2.53. The molecule has 0 aromatic heterocycles. The zero-order valence-corrected chi connectivity index (χ0v) is 11.7. The molecule has 0 unspecified atom stereocenters. The molecule has 0 spiro atoms. The maximum absolute atomic E-state index is 11.7. The van der Waals surface area contributed by atoms with Gasteiger partial charge in [-0.25, -0.2) is 8.42 Å². The minimum absolute atomic E-state index is 0.0925. The normalized spacial score (nSPS) is 22.8. The number of rotatable bonds is 4. The third-order valence-electron chi connectivity index (χ3n) is 3.84. The molecule has 2 fully saturated rings. The summed E-state index contributed by atoms with van der Waals surface area (Å²) < 4.78 is 24.9. The van der Waals surface area contributed by atoms with Crippen molar-refractivity contribution in [1.29, 1.82) is 10.5 Å². The van der Waals surface area contributed by atoms with E-state index < -0.39 is 10.0 Å². The monoisotopic (exact) mass is 280 g/mol. The quantitative estimate of drug-likeness (QED) is 0.680. The second-order valence-electron chi connectivity index (χ2n) is 5.02. The first kappa shape index (κ1) is 14.0. The highest BCUT2D eigenvalue weighted by molar-refractivity contribution is 7.89. The van der Waals surface area contributed by atoms with Gasteiger partial charge in [-0.05, 0) is 12.5 Å². The Bertz CT molecular complexity index is 568. The molecule has 2 aliphatic heterocycles. The summed E-state index contributed by atoms with van der Waals surface area (Å²) in [6.45, 7) is 3.72. The first-order valence-corrected chi connectivity index (χ1v) is 7.76. The Hall–Kier alpha value is -1.41. The van der Waals surface area contributed by atoms with E-state index in [1.54, 1.807) is 6.92 Å². The van der Waals surface area contributed by atoms with Crippen molar-refractivity contribution in [3.63, 3.8) is 0 Å². The van der Waals surface area contributed by atoms with Crippen molar-refractivity contribution in [2.24, 2.45) is 0 Å². The van der Waals surface area contributed by atoms with Crippen molar-refractivity contribution in [1.82, 2.24) is 9.21 Å². The summed E-state index contributed by atoms with van der Waals surface area (Å²) >= 11 is 0. The minimum atomic E-state index is -3.16. The second-order valence-corrected chi connectivity index (χ2v) is 7.27. The number of sulfonamides is 1. The maximum atomic E-state index is 11.7. The fourth-order valence-electron chi connectivity index (χ4n) is 2.52. The average molecular weight is 280 g/mol. The van der Waals surface area contributed by atoms with Crippen LogP contribution in [0.5, 0.6) is 0 Å². The number of allylic oxidation sites excluding steroid dienone is 1. The van der Waals surface area contributed by atoms with E-state index in [0.717, 1.165) is 5.57 Å². The molecule has 0 N–H and O–H groups in total. The van der Waals surface area contributed by atoms with Crippen LogP contribution in [0.15, 0.2) is 11.6 Å². The summed E-state index contributed by atoms with van der Waals surface area (Å²) in [5, 5.41) is 17.5. The van der Waals surface area contributed by atoms with Crippen LogP contribution in [0.1, 0.15) is 13.3 Å². The van der Waals surface area contributed by atoms with E-state index in [0.29, 0.717) is 32.6 Å². The van der Waals surface area contributed by atoms with Crippen LogP contribution in [0.3, 0.4) is 0 Å². The Balaban J connectivity index is 2.03. The van der Waals surface area contributed by atoms with E-state index in [-0.39, 0.29) is 11.3 Å². The van der Waals surface area contributed by atoms with Gasteiger partial charge in [0.1, 0.15) is 0 Å². The Kier molecular flexibility index (Phi) is 3.64. The van der Waals surface area contributed by atoms with Gasteiger partial charge in [0.05, 0.1) is 29.9 Å². The molecule has 0 saturated carbocycles. The lowest BCUT2D eigenvalue weighted by Crippen LogP contribution is -2.73. The third kappa shape index (κ3) is 2.37. The van der Waals surface area contributed by atoms with Crippen LogP contribution >= 0.6 is 0 Å². The van der Waals surface area contributed by atoms with E-state index in [4.69, 9.17) is 10.5 Å². The van der Waals surface area contributed by atoms with Crippen LogP contribution in [0.2, 0.25) is 0 Å². The van der Waals surface area contributed by atoms with Crippen LogP contribution in [0, 0.1) is 22.7 Å². The van der Waals surface area contributed by atoms with Crippen molar-refractivity contribution >= 4 is 10.0 Å². The molecule has 2 heterocycles. The van der Waals surface area contributed by atoms with Gasteiger partial charge in [-0.1, -0.05) is 0 Å². The fraction of sp³-hybridized carbons (Fsp3) is 0.667. The van der Waals surface area contributed by atoms with Gasteiger partial charge in [0.25, 0.3) is 0 Å². The fourth-order valence-corrected chi connectivity index (χ4v) is 3.76. The molecule has 0 bridgehead atoms. The van der Waals surface area contributed by atoms with Crippen LogP contribution in [-0.4, -0.2) is 55.1 Å². The molecule has 2 saturated heterocycles. The van der Waals surface area contributed by atoms with E-state index in [9.17, 15) is 8.42 Å². The van der Waals surface area contributed by atoms with Gasteiger partial charge in [0.2, 0.25) is 10.0 Å². The summed E-state index contributed by atoms with van der Waals surface area (Å²) in [7, 11) is -3.16. The van der Waals surface area contributed by atoms with Crippen molar-refractivity contribution in [3.05, 3.63) is 11.6 Å². The topological polar surface area (TPSA) is 88.2 Å². The SMILES string of the molecule is CCS(=O)(=O)N1CC(CC#N)(N2CC(=CC#N)C2)C1. The maximum Gasteiger partial charge on any atom is 0.213 e. The number of hydrogen-bond donors (Lipinski definition) is 0. The standard InChI is InChI=1S/C12H16N4O2S/c1-2-19(17,18)16-9-12(10-16,4-6-14)15-7-11(8-15)3-5-13/h3H,2,4,7-10H2,1H3. The lowest BCUT2D eigenvalue weighted by Gasteiger charge is -2.57. The number of nitrogens with zero attached hydrogens (tertiary/aromatic N) is 4. The van der Waals surface area contributed by atoms with E-state index >= 15 is 0 Å². The lowest BCUT2D eigenvalue weighted by molar-refractivity contribution is -0.0222. The lowest BCUT2D eigenvalue weighted by atomic mass is 9.83. The van der Waals surface area contributed by atoms with E-state index in [2.05, 4.69) is 11.0 Å². The van der Waals surface area contributed by atoms with Crippen molar-refractivity contribution in [3.8, 4) is 12.1 Å². The molecular formula is C12H16N4O2S. The largest absolute Gasteiger partial charge is 0.286 e. The Morgan fingerprint density at radius 2 is 2.00 bits per heavy atom. The molecule has 0 aliphatic carbocycles. The molecule has 2 rings (SSSR count). The number of likely N-dealkylation sites (tertiary alicyclic amines) is 1. The minimum Gasteiger partial charge on any atom is -0.286 e. The van der Waals surface area contributed by atoms with Gasteiger partial charge in [0.15, 0.2) is 0 Å². The molecular weight excluding hydrogens is 264 g/mol. The molecule has 102 valence electrons. The molecule has 0 aromatic rings. The second kappa shape index (κ2) is 4.93. The first-order valence-electron chi connectivity index (χ1n) is 6.15. The zero-order chi connectivity index (χ0) is 14.1. The highest BCUT2D eigenvalue weighted by atomic mass is 32.2. The predicted octanol–water partition coefficient (Wildman–Crippen LogP) is 0.0698. The van der Waals surface area contributed by atoms with Gasteiger partial charge in [-0.15, -0.1) is 0 Å². The van der Waals surface area contributed by atoms with Crippen LogP contribution in [0.4, 0.5) is 0 Å². The van der Waals surface area contributed by atoms with Crippen LogP contribution in [0.25, 0.3) is 0 Å². The zero-order valence-electron chi connectivity index (χ0n) is 10.8. The third-order valence-corrected chi connectivity index (χ3v) is 5.61. The summed E-state index contributed by atoms with van der Waals surface area (Å²) in [5.41, 5.74) is 0.681. The van der Waals surface area contributed by atoms with Crippen molar-refractivity contribution in [2.45, 2.75) is 18.9 Å². The molecule has 0 aromatic carbocycles.